The molecule has 0 N–H and O–H groups in total. The topological polar surface area (TPSA) is 75.7 Å². The SMILES string of the molecule is Cc1cc(C)c(C)c(C(=O)c2cccc(OP(=O)([O-])Oc3ccccc3)c2)c1C.[Na+]. The van der Waals surface area contributed by atoms with Crippen molar-refractivity contribution in [1.29, 1.82) is 0 Å². The first kappa shape index (κ1) is 24.4. The van der Waals surface area contributed by atoms with Gasteiger partial charge in [-0.05, 0) is 74.2 Å². The molecule has 0 saturated carbocycles. The fraction of sp³-hybridized carbons (Fsp3) is 0.174. The summed E-state index contributed by atoms with van der Waals surface area (Å²) in [5.74, 6) is -0.00805. The van der Waals surface area contributed by atoms with Crippen LogP contribution in [0.4, 0.5) is 0 Å². The first-order valence-corrected chi connectivity index (χ1v) is 10.6. The van der Waals surface area contributed by atoms with E-state index < -0.39 is 7.82 Å². The number of hydrogen-bond acceptors (Lipinski definition) is 5. The van der Waals surface area contributed by atoms with Gasteiger partial charge < -0.3 is 13.9 Å². The number of rotatable bonds is 6. The normalized spacial score (nSPS) is 12.4. The molecule has 0 aromatic heterocycles. The van der Waals surface area contributed by atoms with Gasteiger partial charge in [-0.15, -0.1) is 0 Å². The molecule has 0 spiro atoms. The van der Waals surface area contributed by atoms with Gasteiger partial charge in [-0.2, -0.15) is 0 Å². The fourth-order valence-electron chi connectivity index (χ4n) is 3.15. The van der Waals surface area contributed by atoms with E-state index >= 15 is 0 Å². The Kier molecular flexibility index (Phi) is 8.09. The van der Waals surface area contributed by atoms with E-state index in [0.29, 0.717) is 11.1 Å². The van der Waals surface area contributed by atoms with Crippen molar-refractivity contribution in [2.75, 3.05) is 0 Å². The van der Waals surface area contributed by atoms with Crippen molar-refractivity contribution in [1.82, 2.24) is 0 Å². The molecule has 0 amide bonds. The summed E-state index contributed by atoms with van der Waals surface area (Å²) in [5.41, 5.74) is 4.86. The van der Waals surface area contributed by atoms with Crippen molar-refractivity contribution in [2.24, 2.45) is 0 Å². The Bertz CT molecular complexity index is 1090. The quantitative estimate of drug-likeness (QED) is 0.339. The van der Waals surface area contributed by atoms with Gasteiger partial charge in [0.05, 0.1) is 0 Å². The molecule has 0 saturated heterocycles. The molecule has 1 unspecified atom stereocenters. The smallest absolute Gasteiger partial charge is 0.736 e. The molecule has 150 valence electrons. The van der Waals surface area contributed by atoms with E-state index in [1.54, 1.807) is 30.3 Å². The minimum absolute atomic E-state index is 0. The number of benzene rings is 3. The monoisotopic (exact) mass is 432 g/mol. The Labute approximate surface area is 199 Å². The van der Waals surface area contributed by atoms with E-state index in [9.17, 15) is 14.3 Å². The maximum absolute atomic E-state index is 13.2. The number of carbonyl (C=O) groups excluding carboxylic acids is 1. The van der Waals surface area contributed by atoms with Gasteiger partial charge in [-0.3, -0.25) is 4.79 Å². The molecular weight excluding hydrogens is 410 g/mol. The van der Waals surface area contributed by atoms with Crippen LogP contribution in [0.1, 0.15) is 38.2 Å². The Hall–Kier alpha value is -1.88. The molecule has 3 aromatic rings. The summed E-state index contributed by atoms with van der Waals surface area (Å²) in [4.78, 5) is 25.4. The largest absolute Gasteiger partial charge is 1.00 e. The van der Waals surface area contributed by atoms with E-state index in [4.69, 9.17) is 9.05 Å². The molecule has 0 aliphatic carbocycles. The van der Waals surface area contributed by atoms with Crippen molar-refractivity contribution < 1.29 is 52.9 Å². The van der Waals surface area contributed by atoms with E-state index in [2.05, 4.69) is 6.07 Å². The fourth-order valence-corrected chi connectivity index (χ4v) is 3.94. The summed E-state index contributed by atoms with van der Waals surface area (Å²) in [7, 11) is -4.65. The first-order valence-electron chi connectivity index (χ1n) is 9.15. The van der Waals surface area contributed by atoms with Gasteiger partial charge in [0.1, 0.15) is 11.5 Å². The van der Waals surface area contributed by atoms with Crippen LogP contribution < -0.4 is 43.5 Å². The molecule has 0 bridgehead atoms. The summed E-state index contributed by atoms with van der Waals surface area (Å²) < 4.78 is 22.2. The summed E-state index contributed by atoms with van der Waals surface area (Å²) >= 11 is 0. The van der Waals surface area contributed by atoms with Crippen LogP contribution in [-0.2, 0) is 4.57 Å². The molecule has 0 heterocycles. The van der Waals surface area contributed by atoms with Gasteiger partial charge in [-0.1, -0.05) is 36.4 Å². The summed E-state index contributed by atoms with van der Waals surface area (Å²) in [6.45, 7) is 7.75. The van der Waals surface area contributed by atoms with E-state index in [1.807, 2.05) is 27.7 Å². The third-order valence-electron chi connectivity index (χ3n) is 4.87. The van der Waals surface area contributed by atoms with Crippen molar-refractivity contribution in [3.63, 3.8) is 0 Å². The van der Waals surface area contributed by atoms with Gasteiger partial charge in [-0.25, -0.2) is 4.57 Å². The van der Waals surface area contributed by atoms with E-state index in [-0.39, 0.29) is 46.8 Å². The van der Waals surface area contributed by atoms with E-state index in [0.717, 1.165) is 22.3 Å². The van der Waals surface area contributed by atoms with Crippen LogP contribution >= 0.6 is 7.82 Å². The van der Waals surface area contributed by atoms with Crippen LogP contribution in [0.15, 0.2) is 60.7 Å². The van der Waals surface area contributed by atoms with E-state index in [1.165, 1.54) is 24.3 Å². The predicted octanol–water partition coefficient (Wildman–Crippen LogP) is 2.08. The number of carbonyl (C=O) groups is 1. The number of para-hydroxylation sites is 1. The molecule has 7 heteroatoms. The van der Waals surface area contributed by atoms with Gasteiger partial charge in [0.15, 0.2) is 5.78 Å². The number of phosphoric ester groups is 1. The first-order chi connectivity index (χ1) is 13.7. The van der Waals surface area contributed by atoms with Crippen molar-refractivity contribution in [3.8, 4) is 11.5 Å². The Morgan fingerprint density at radius 2 is 1.33 bits per heavy atom. The van der Waals surface area contributed by atoms with Gasteiger partial charge in [0.2, 0.25) is 0 Å². The average Bonchev–Trinajstić information content (AvgIpc) is 2.67. The number of aryl methyl sites for hydroxylation is 2. The number of ketones is 1. The van der Waals surface area contributed by atoms with Gasteiger partial charge >= 0.3 is 37.4 Å². The van der Waals surface area contributed by atoms with Crippen LogP contribution in [0.5, 0.6) is 11.5 Å². The van der Waals surface area contributed by atoms with Crippen LogP contribution in [0.3, 0.4) is 0 Å². The summed E-state index contributed by atoms with van der Waals surface area (Å²) in [6.07, 6.45) is 0. The minimum Gasteiger partial charge on any atom is -0.736 e. The van der Waals surface area contributed by atoms with Gasteiger partial charge in [0, 0.05) is 11.1 Å². The molecule has 3 aromatic carbocycles. The standard InChI is InChI=1S/C23H23O5P.Na/c1-15-13-16(2)18(4)22(17(15)3)23(24)19-9-8-12-21(14-19)28-29(25,26)27-20-10-6-5-7-11-20;/h5-14H,1-4H3,(H,25,26);/q;+1/p-1. The second-order valence-electron chi connectivity index (χ2n) is 6.94. The Morgan fingerprint density at radius 1 is 0.800 bits per heavy atom. The molecule has 30 heavy (non-hydrogen) atoms. The summed E-state index contributed by atoms with van der Waals surface area (Å²) in [6, 6.07) is 16.2. The predicted molar refractivity (Wildman–Crippen MR) is 111 cm³/mol. The zero-order valence-electron chi connectivity index (χ0n) is 17.8. The zero-order valence-corrected chi connectivity index (χ0v) is 20.7. The van der Waals surface area contributed by atoms with Crippen LogP contribution in [0.25, 0.3) is 0 Å². The second-order valence-corrected chi connectivity index (χ2v) is 8.19. The maximum Gasteiger partial charge on any atom is 1.00 e. The zero-order chi connectivity index (χ0) is 21.2. The molecule has 1 atom stereocenters. The van der Waals surface area contributed by atoms with Crippen LogP contribution in [-0.4, -0.2) is 5.78 Å². The molecule has 3 rings (SSSR count). The third-order valence-corrected chi connectivity index (χ3v) is 5.74. The molecule has 0 fully saturated rings. The molecule has 0 aliphatic rings. The number of phosphoric acid groups is 1. The Balaban J connectivity index is 0.00000320. The molecule has 0 aliphatic heterocycles. The average molecular weight is 432 g/mol. The summed E-state index contributed by atoms with van der Waals surface area (Å²) in [5, 5.41) is 0. The van der Waals surface area contributed by atoms with Crippen LogP contribution in [0.2, 0.25) is 0 Å². The van der Waals surface area contributed by atoms with Crippen molar-refractivity contribution >= 4 is 13.6 Å². The van der Waals surface area contributed by atoms with Crippen LogP contribution in [0, 0.1) is 27.7 Å². The number of hydrogen-bond donors (Lipinski definition) is 0. The van der Waals surface area contributed by atoms with Crippen molar-refractivity contribution in [3.05, 3.63) is 94.0 Å². The van der Waals surface area contributed by atoms with Crippen molar-refractivity contribution in [2.45, 2.75) is 27.7 Å². The molecule has 0 radical (unpaired) electrons. The third kappa shape index (κ3) is 5.63. The minimum atomic E-state index is -4.65. The van der Waals surface area contributed by atoms with Gasteiger partial charge in [0.25, 0.3) is 0 Å². The molecular formula is C23H22NaO5P. The molecule has 5 nitrogen and oxygen atoms in total. The Morgan fingerprint density at radius 3 is 1.93 bits per heavy atom. The second kappa shape index (κ2) is 9.95. The maximum atomic E-state index is 13.2.